The first kappa shape index (κ1) is 19.4. The zero-order valence-corrected chi connectivity index (χ0v) is 17.0. The fourth-order valence-corrected chi connectivity index (χ4v) is 5.71. The van der Waals surface area contributed by atoms with E-state index >= 15 is 0 Å². The summed E-state index contributed by atoms with van der Waals surface area (Å²) in [6.45, 7) is 5.85. The maximum atomic E-state index is 13.7. The number of aryl methyl sites for hydroxylation is 1. The van der Waals surface area contributed by atoms with E-state index in [1.165, 1.54) is 4.31 Å². The first-order chi connectivity index (χ1) is 13.9. The number of nitrogens with zero attached hydrogens (tertiary/aromatic N) is 1. The van der Waals surface area contributed by atoms with Gasteiger partial charge < -0.3 is 5.11 Å². The Morgan fingerprint density at radius 1 is 0.966 bits per heavy atom. The molecule has 0 fully saturated rings. The number of sulfonamides is 1. The number of hydrogen-bond donors (Lipinski definition) is 1. The first-order valence-electron chi connectivity index (χ1n) is 9.51. The van der Waals surface area contributed by atoms with E-state index in [0.717, 1.165) is 11.1 Å². The van der Waals surface area contributed by atoms with Crippen LogP contribution in [-0.2, 0) is 10.0 Å². The zero-order chi connectivity index (χ0) is 20.6. The SMILES string of the molecule is C=C[C@@H]1c2ccccc2N(S(=O)(=O)c2ccc(C)cc2)[C@H]1[C@H](O)c1ccccc1. The minimum Gasteiger partial charge on any atom is -0.386 e. The fraction of sp³-hybridized carbons (Fsp3) is 0.167. The zero-order valence-electron chi connectivity index (χ0n) is 16.1. The molecule has 29 heavy (non-hydrogen) atoms. The molecule has 0 aliphatic carbocycles. The van der Waals surface area contributed by atoms with Crippen molar-refractivity contribution in [3.63, 3.8) is 0 Å². The molecular formula is C24H23NO3S. The van der Waals surface area contributed by atoms with Crippen LogP contribution in [0.5, 0.6) is 0 Å². The highest BCUT2D eigenvalue weighted by Crippen LogP contribution is 2.48. The van der Waals surface area contributed by atoms with E-state index in [1.54, 1.807) is 36.4 Å². The van der Waals surface area contributed by atoms with Crippen LogP contribution in [0.2, 0.25) is 0 Å². The highest BCUT2D eigenvalue weighted by molar-refractivity contribution is 7.92. The van der Waals surface area contributed by atoms with Crippen molar-refractivity contribution in [2.24, 2.45) is 0 Å². The number of anilines is 1. The number of rotatable bonds is 5. The number of benzene rings is 3. The molecule has 0 spiro atoms. The summed E-state index contributed by atoms with van der Waals surface area (Å²) in [5.41, 5.74) is 3.08. The van der Waals surface area contributed by atoms with Crippen LogP contribution in [0.1, 0.15) is 28.7 Å². The highest BCUT2D eigenvalue weighted by Gasteiger charge is 2.47. The summed E-state index contributed by atoms with van der Waals surface area (Å²) in [7, 11) is -3.89. The molecule has 148 valence electrons. The topological polar surface area (TPSA) is 57.6 Å². The van der Waals surface area contributed by atoms with E-state index in [-0.39, 0.29) is 10.8 Å². The van der Waals surface area contributed by atoms with Gasteiger partial charge in [-0.3, -0.25) is 4.31 Å². The predicted octanol–water partition coefficient (Wildman–Crippen LogP) is 4.58. The van der Waals surface area contributed by atoms with Gasteiger partial charge in [0.2, 0.25) is 0 Å². The average Bonchev–Trinajstić information content (AvgIpc) is 3.09. The molecule has 1 N–H and O–H groups in total. The molecule has 3 aromatic carbocycles. The Morgan fingerprint density at radius 2 is 1.59 bits per heavy atom. The summed E-state index contributed by atoms with van der Waals surface area (Å²) < 4.78 is 28.8. The second kappa shape index (κ2) is 7.50. The molecule has 0 unspecified atom stereocenters. The molecular weight excluding hydrogens is 382 g/mol. The maximum absolute atomic E-state index is 13.7. The molecule has 0 saturated carbocycles. The van der Waals surface area contributed by atoms with E-state index in [1.807, 2.05) is 55.5 Å². The lowest BCUT2D eigenvalue weighted by Crippen LogP contribution is -2.42. The third-order valence-corrected chi connectivity index (χ3v) is 7.29. The van der Waals surface area contributed by atoms with Crippen molar-refractivity contribution in [2.75, 3.05) is 4.31 Å². The molecule has 0 saturated heterocycles. The quantitative estimate of drug-likeness (QED) is 0.633. The average molecular weight is 406 g/mol. The van der Waals surface area contributed by atoms with Gasteiger partial charge in [0.15, 0.2) is 0 Å². The van der Waals surface area contributed by atoms with Gasteiger partial charge in [-0.2, -0.15) is 0 Å². The normalized spacial score (nSPS) is 19.6. The molecule has 0 aromatic heterocycles. The fourth-order valence-electron chi connectivity index (χ4n) is 4.01. The number of fused-ring (bicyclic) bond motifs is 1. The minimum atomic E-state index is -3.89. The molecule has 1 heterocycles. The number of para-hydroxylation sites is 1. The molecule has 0 bridgehead atoms. The van der Waals surface area contributed by atoms with Gasteiger partial charge in [-0.15, -0.1) is 6.58 Å². The van der Waals surface area contributed by atoms with E-state index in [9.17, 15) is 13.5 Å². The lowest BCUT2D eigenvalue weighted by atomic mass is 9.89. The summed E-state index contributed by atoms with van der Waals surface area (Å²) in [4.78, 5) is 0.202. The van der Waals surface area contributed by atoms with Crippen LogP contribution in [0.4, 0.5) is 5.69 Å². The molecule has 0 amide bonds. The van der Waals surface area contributed by atoms with Crippen LogP contribution in [-0.4, -0.2) is 19.6 Å². The van der Waals surface area contributed by atoms with Gasteiger partial charge >= 0.3 is 0 Å². The van der Waals surface area contributed by atoms with Crippen LogP contribution in [0.3, 0.4) is 0 Å². The molecule has 3 aromatic rings. The Kier molecular flexibility index (Phi) is 5.03. The monoisotopic (exact) mass is 405 g/mol. The van der Waals surface area contributed by atoms with Crippen molar-refractivity contribution in [3.8, 4) is 0 Å². The van der Waals surface area contributed by atoms with Crippen molar-refractivity contribution >= 4 is 15.7 Å². The van der Waals surface area contributed by atoms with E-state index in [4.69, 9.17) is 0 Å². The molecule has 5 heteroatoms. The summed E-state index contributed by atoms with van der Waals surface area (Å²) in [6.07, 6.45) is 0.715. The van der Waals surface area contributed by atoms with Crippen LogP contribution < -0.4 is 4.31 Å². The number of aliphatic hydroxyl groups excluding tert-OH is 1. The summed E-state index contributed by atoms with van der Waals surface area (Å²) in [5, 5.41) is 11.3. The summed E-state index contributed by atoms with van der Waals surface area (Å²) >= 11 is 0. The Morgan fingerprint density at radius 3 is 2.24 bits per heavy atom. The molecule has 4 rings (SSSR count). The highest BCUT2D eigenvalue weighted by atomic mass is 32.2. The van der Waals surface area contributed by atoms with Gasteiger partial charge in [0, 0.05) is 5.92 Å². The van der Waals surface area contributed by atoms with Crippen LogP contribution >= 0.6 is 0 Å². The smallest absolute Gasteiger partial charge is 0.264 e. The lowest BCUT2D eigenvalue weighted by Gasteiger charge is -2.32. The van der Waals surface area contributed by atoms with Crippen LogP contribution in [0.25, 0.3) is 0 Å². The third-order valence-electron chi connectivity index (χ3n) is 5.47. The summed E-state index contributed by atoms with van der Waals surface area (Å²) in [6, 6.07) is 22.6. The molecule has 1 aliphatic heterocycles. The number of hydrogen-bond acceptors (Lipinski definition) is 3. The van der Waals surface area contributed by atoms with Crippen molar-refractivity contribution in [1.29, 1.82) is 0 Å². The van der Waals surface area contributed by atoms with E-state index < -0.39 is 22.2 Å². The second-order valence-electron chi connectivity index (χ2n) is 7.28. The minimum absolute atomic E-state index is 0.202. The lowest BCUT2D eigenvalue weighted by molar-refractivity contribution is 0.145. The van der Waals surface area contributed by atoms with Crippen molar-refractivity contribution in [2.45, 2.75) is 29.9 Å². The molecule has 4 nitrogen and oxygen atoms in total. The van der Waals surface area contributed by atoms with Crippen molar-refractivity contribution < 1.29 is 13.5 Å². The predicted molar refractivity (Wildman–Crippen MR) is 115 cm³/mol. The second-order valence-corrected chi connectivity index (χ2v) is 9.10. The Hall–Kier alpha value is -2.89. The van der Waals surface area contributed by atoms with E-state index in [0.29, 0.717) is 11.3 Å². The Balaban J connectivity index is 1.90. The van der Waals surface area contributed by atoms with Gasteiger partial charge in [-0.1, -0.05) is 72.3 Å². The van der Waals surface area contributed by atoms with Crippen LogP contribution in [0, 0.1) is 6.92 Å². The first-order valence-corrected chi connectivity index (χ1v) is 10.9. The molecule has 3 atom stereocenters. The third kappa shape index (κ3) is 3.26. The molecule has 0 radical (unpaired) electrons. The van der Waals surface area contributed by atoms with E-state index in [2.05, 4.69) is 6.58 Å². The summed E-state index contributed by atoms with van der Waals surface area (Å²) in [5.74, 6) is -0.332. The number of aliphatic hydroxyl groups is 1. The van der Waals surface area contributed by atoms with Crippen molar-refractivity contribution in [3.05, 3.63) is 108 Å². The van der Waals surface area contributed by atoms with Gasteiger partial charge in [0.25, 0.3) is 10.0 Å². The van der Waals surface area contributed by atoms with Gasteiger partial charge in [-0.25, -0.2) is 8.42 Å². The van der Waals surface area contributed by atoms with Gasteiger partial charge in [-0.05, 0) is 36.2 Å². The maximum Gasteiger partial charge on any atom is 0.264 e. The Bertz CT molecular complexity index is 1120. The van der Waals surface area contributed by atoms with Crippen molar-refractivity contribution in [1.82, 2.24) is 0 Å². The van der Waals surface area contributed by atoms with Gasteiger partial charge in [0.05, 0.1) is 16.6 Å². The van der Waals surface area contributed by atoms with Gasteiger partial charge in [0.1, 0.15) is 6.10 Å². The van der Waals surface area contributed by atoms with Crippen LogP contribution in [0.15, 0.2) is 96.4 Å². The largest absolute Gasteiger partial charge is 0.386 e. The molecule has 1 aliphatic rings. The standard InChI is InChI=1S/C24H23NO3S/c1-3-20-21-11-7-8-12-22(21)25(23(20)24(26)18-9-5-4-6-10-18)29(27,28)19-15-13-17(2)14-16-19/h3-16,20,23-24,26H,1H2,2H3/t20-,23-,24-/m1/s1. The Labute approximate surface area is 171 Å².